The van der Waals surface area contributed by atoms with Gasteiger partial charge in [0.25, 0.3) is 0 Å². The number of fused-ring (bicyclic) bond motifs is 5. The van der Waals surface area contributed by atoms with Crippen molar-refractivity contribution in [3.05, 3.63) is 53.8 Å². The minimum atomic E-state index is -0.688. The summed E-state index contributed by atoms with van der Waals surface area (Å²) in [5.74, 6) is -1.17. The molecule has 63 heavy (non-hydrogen) atoms. The Kier molecular flexibility index (Phi) is 14.7. The molecule has 3 aliphatic carbocycles. The maximum Gasteiger partial charge on any atom is 0.306 e. The highest BCUT2D eigenvalue weighted by molar-refractivity contribution is 5.99. The molecule has 17 atom stereocenters. The van der Waals surface area contributed by atoms with Crippen LogP contribution >= 0.6 is 0 Å². The van der Waals surface area contributed by atoms with Gasteiger partial charge < -0.3 is 43.2 Å². The Hall–Kier alpha value is -3.34. The van der Waals surface area contributed by atoms with E-state index in [1.807, 2.05) is 43.9 Å². The Morgan fingerprint density at radius 2 is 1.67 bits per heavy atom. The van der Waals surface area contributed by atoms with Gasteiger partial charge in [0.15, 0.2) is 18.4 Å². The Bertz CT molecular complexity index is 1970. The normalized spacial score (nSPS) is 39.9. The highest BCUT2D eigenvalue weighted by Crippen LogP contribution is 2.57. The van der Waals surface area contributed by atoms with Gasteiger partial charge in [0.2, 0.25) is 0 Å². The number of Topliss-reactive ketones (excluding diaryl/α,β-unsaturated/α-hetero) is 1. The maximum atomic E-state index is 15.1. The summed E-state index contributed by atoms with van der Waals surface area (Å²) in [7, 11) is 6.92. The lowest BCUT2D eigenvalue weighted by molar-refractivity contribution is -0.314. The second-order valence-electron chi connectivity index (χ2n) is 18.9. The van der Waals surface area contributed by atoms with E-state index in [1.165, 1.54) is 0 Å². The van der Waals surface area contributed by atoms with Crippen molar-refractivity contribution < 1.29 is 47.5 Å². The van der Waals surface area contributed by atoms with Gasteiger partial charge in [-0.1, -0.05) is 55.0 Å². The molecule has 346 valence electrons. The summed E-state index contributed by atoms with van der Waals surface area (Å²) < 4.78 is 52.3. The number of carbonyl (C=O) groups is 2. The second-order valence-corrected chi connectivity index (χ2v) is 18.9. The Morgan fingerprint density at radius 3 is 2.38 bits per heavy atom. The van der Waals surface area contributed by atoms with Crippen LogP contribution in [0.1, 0.15) is 91.0 Å². The summed E-state index contributed by atoms with van der Waals surface area (Å²) >= 11 is 0. The third kappa shape index (κ3) is 9.52. The molecular weight excluding hydrogens is 805 g/mol. The summed E-state index contributed by atoms with van der Waals surface area (Å²) in [6.07, 6.45) is 9.14. The average Bonchev–Trinajstić information content (AvgIpc) is 4.02. The topological polar surface area (TPSA) is 151 Å². The van der Waals surface area contributed by atoms with Crippen molar-refractivity contribution in [3.8, 4) is 11.3 Å². The first-order chi connectivity index (χ1) is 30.4. The quantitative estimate of drug-likeness (QED) is 0.239. The lowest BCUT2D eigenvalue weighted by Crippen LogP contribution is -2.59. The number of aromatic nitrogens is 3. The molecular formula is C49H70N4O10. The van der Waals surface area contributed by atoms with Crippen LogP contribution in [0.4, 0.5) is 0 Å². The lowest BCUT2D eigenvalue weighted by atomic mass is 9.69. The van der Waals surface area contributed by atoms with Crippen LogP contribution in [0, 0.1) is 42.4 Å². The molecule has 6 aliphatic rings. The Balaban J connectivity index is 1.14. The van der Waals surface area contributed by atoms with Crippen LogP contribution in [-0.4, -0.2) is 123 Å². The number of rotatable bonds is 11. The van der Waals surface area contributed by atoms with E-state index in [2.05, 4.69) is 55.5 Å². The van der Waals surface area contributed by atoms with Crippen molar-refractivity contribution in [1.82, 2.24) is 20.3 Å². The number of ether oxygens (including phenoxy) is 8. The molecule has 0 amide bonds. The average molecular weight is 875 g/mol. The van der Waals surface area contributed by atoms with Gasteiger partial charge in [-0.25, -0.2) is 4.68 Å². The zero-order valence-electron chi connectivity index (χ0n) is 38.6. The number of benzene rings is 1. The third-order valence-electron chi connectivity index (χ3n) is 15.2. The van der Waals surface area contributed by atoms with Gasteiger partial charge in [-0.15, -0.1) is 5.10 Å². The zero-order chi connectivity index (χ0) is 44.5. The van der Waals surface area contributed by atoms with E-state index in [0.717, 1.165) is 48.2 Å². The molecule has 14 nitrogen and oxygen atoms in total. The number of ketones is 1. The van der Waals surface area contributed by atoms with E-state index in [0.29, 0.717) is 31.3 Å². The number of carbonyl (C=O) groups excluding carboxylic acids is 2. The van der Waals surface area contributed by atoms with E-state index >= 15 is 4.79 Å². The maximum absolute atomic E-state index is 15.1. The molecule has 8 rings (SSSR count). The number of aryl methyl sites for hydroxylation is 1. The van der Waals surface area contributed by atoms with E-state index in [1.54, 1.807) is 21.3 Å². The first-order valence-electron chi connectivity index (χ1n) is 23.5. The van der Waals surface area contributed by atoms with Gasteiger partial charge in [-0.2, -0.15) is 0 Å². The van der Waals surface area contributed by atoms with Crippen molar-refractivity contribution in [2.75, 3.05) is 28.4 Å². The first-order valence-corrected chi connectivity index (χ1v) is 23.5. The van der Waals surface area contributed by atoms with Crippen molar-refractivity contribution in [1.29, 1.82) is 0 Å². The van der Waals surface area contributed by atoms with Gasteiger partial charge in [0, 0.05) is 56.4 Å². The standard InChI is InChI=1S/C49H70N4O10/c1-10-31-15-12-16-42(63-44-18-17-39(50-6)28(4)59-44)27(3)45(55)38-22-34-33-20-32(62-49-48(58-9)47(57-8)46(56-7)29(5)60-49)21-37(33)41(23-35(34)36(38)24-43(54)61-31)53-25-40(51-52-53)30-14-11-13-26(2)19-30/h11,13-14,19,22-23,25,27-29,31-37,39,42,44,46-50H,10,12,15-18,20-21,24H2,1-9H3/t27-,28?,29?,31+,32+,33+,34+,35-,36+,37-,39+,42+,44+,46+,47?,48?,49+/m1/s1. The SMILES string of the molecule is CC[C@H]1CCC[C@H](O[C@H]2CC[C@H](NC)C(C)O2)[C@@H](C)C(=O)C2=C[C@@H]3[C@@H](C=C(n4cc(-c5cccc(C)c5)nn4)[C@@H]4C[C@@H](O[C@@H]5OC(C)[C@H](OC)C(OC)C5OC)C[C@@H]34)[C@@H]2CC(=O)O1. The summed E-state index contributed by atoms with van der Waals surface area (Å²) in [6.45, 7) is 10.2. The van der Waals surface area contributed by atoms with Crippen molar-refractivity contribution >= 4 is 17.4 Å². The number of methoxy groups -OCH3 is 3. The van der Waals surface area contributed by atoms with Gasteiger partial charge in [0.1, 0.15) is 30.1 Å². The van der Waals surface area contributed by atoms with Crippen LogP contribution < -0.4 is 5.32 Å². The van der Waals surface area contributed by atoms with Crippen LogP contribution in [0.5, 0.6) is 0 Å². The largest absolute Gasteiger partial charge is 0.462 e. The van der Waals surface area contributed by atoms with E-state index in [9.17, 15) is 4.79 Å². The molecule has 1 saturated carbocycles. The highest BCUT2D eigenvalue weighted by atomic mass is 16.7. The molecule has 3 aliphatic heterocycles. The van der Waals surface area contributed by atoms with Gasteiger partial charge in [-0.3, -0.25) is 9.59 Å². The molecule has 0 bridgehead atoms. The molecule has 1 aromatic carbocycles. The van der Waals surface area contributed by atoms with Crippen molar-refractivity contribution in [2.45, 2.75) is 160 Å². The summed E-state index contributed by atoms with van der Waals surface area (Å²) in [5.41, 5.74) is 4.59. The van der Waals surface area contributed by atoms with E-state index in [4.69, 9.17) is 43.1 Å². The molecule has 0 spiro atoms. The molecule has 4 fully saturated rings. The van der Waals surface area contributed by atoms with Crippen LogP contribution in [0.2, 0.25) is 0 Å². The van der Waals surface area contributed by atoms with Crippen molar-refractivity contribution in [3.63, 3.8) is 0 Å². The Morgan fingerprint density at radius 1 is 0.873 bits per heavy atom. The van der Waals surface area contributed by atoms with E-state index < -0.39 is 30.7 Å². The lowest BCUT2D eigenvalue weighted by Gasteiger charge is -2.44. The summed E-state index contributed by atoms with van der Waals surface area (Å²) in [4.78, 5) is 29.1. The van der Waals surface area contributed by atoms with Gasteiger partial charge in [-0.05, 0) is 109 Å². The number of esters is 1. The van der Waals surface area contributed by atoms with Crippen LogP contribution in [0.15, 0.2) is 48.2 Å². The minimum absolute atomic E-state index is 0.0110. The van der Waals surface area contributed by atoms with E-state index in [-0.39, 0.29) is 90.4 Å². The fraction of sp³-hybridized carbons (Fsp3) is 0.714. The number of nitrogens with one attached hydrogen (secondary N) is 1. The summed E-state index contributed by atoms with van der Waals surface area (Å²) in [5, 5.41) is 12.8. The van der Waals surface area contributed by atoms with Crippen LogP contribution in [-0.2, 0) is 47.5 Å². The molecule has 14 heteroatoms. The zero-order valence-corrected chi connectivity index (χ0v) is 38.6. The predicted octanol–water partition coefficient (Wildman–Crippen LogP) is 6.70. The van der Waals surface area contributed by atoms with Crippen molar-refractivity contribution in [2.24, 2.45) is 35.5 Å². The Labute approximate surface area is 373 Å². The number of hydrogen-bond acceptors (Lipinski definition) is 13. The number of cyclic esters (lactones) is 1. The van der Waals surface area contributed by atoms with Crippen LogP contribution in [0.3, 0.4) is 0 Å². The fourth-order valence-electron chi connectivity index (χ4n) is 11.8. The van der Waals surface area contributed by atoms with Gasteiger partial charge in [0.05, 0.1) is 37.0 Å². The highest BCUT2D eigenvalue weighted by Gasteiger charge is 2.55. The second kappa shape index (κ2) is 20.0. The number of hydrogen-bond donors (Lipinski definition) is 1. The molecule has 2 aromatic rings. The molecule has 0 radical (unpaired) electrons. The molecule has 1 aromatic heterocycles. The van der Waals surface area contributed by atoms with Crippen LogP contribution in [0.25, 0.3) is 17.0 Å². The predicted molar refractivity (Wildman–Crippen MR) is 235 cm³/mol. The minimum Gasteiger partial charge on any atom is -0.462 e. The molecule has 4 unspecified atom stereocenters. The smallest absolute Gasteiger partial charge is 0.306 e. The molecule has 3 saturated heterocycles. The monoisotopic (exact) mass is 875 g/mol. The van der Waals surface area contributed by atoms with Gasteiger partial charge >= 0.3 is 5.97 Å². The number of likely N-dealkylation sites (N-methyl/N-ethyl adjacent to an activating group) is 1. The number of nitrogens with zero attached hydrogens (tertiary/aromatic N) is 3. The fourth-order valence-corrected chi connectivity index (χ4v) is 11.8. The molecule has 1 N–H and O–H groups in total. The molecule has 4 heterocycles. The third-order valence-corrected chi connectivity index (χ3v) is 15.2. The summed E-state index contributed by atoms with van der Waals surface area (Å²) in [6, 6.07) is 8.51. The number of allylic oxidation sites excluding steroid dienone is 4. The first kappa shape index (κ1) is 46.2.